The van der Waals surface area contributed by atoms with E-state index in [2.05, 4.69) is 27.4 Å². The Kier molecular flexibility index (Phi) is 5.51. The lowest BCUT2D eigenvalue weighted by Gasteiger charge is -2.36. The van der Waals surface area contributed by atoms with Gasteiger partial charge in [0.1, 0.15) is 22.8 Å². The number of ether oxygens (including phenoxy) is 1. The van der Waals surface area contributed by atoms with Crippen molar-refractivity contribution < 1.29 is 14.6 Å². The molecule has 0 saturated carbocycles. The molecule has 6 nitrogen and oxygen atoms in total. The summed E-state index contributed by atoms with van der Waals surface area (Å²) in [6.07, 6.45) is 3.89. The highest BCUT2D eigenvalue weighted by Crippen LogP contribution is 2.31. The minimum Gasteiger partial charge on any atom is -0.481 e. The van der Waals surface area contributed by atoms with Gasteiger partial charge < -0.3 is 9.84 Å². The van der Waals surface area contributed by atoms with Gasteiger partial charge in [-0.1, -0.05) is 18.2 Å². The molecule has 3 heterocycles. The Labute approximate surface area is 190 Å². The topological polar surface area (TPSA) is 67.6 Å². The summed E-state index contributed by atoms with van der Waals surface area (Å²) in [6, 6.07) is 19.8. The zero-order chi connectivity index (χ0) is 22.1. The van der Waals surface area contributed by atoms with E-state index in [0.717, 1.165) is 34.3 Å². The van der Waals surface area contributed by atoms with Gasteiger partial charge >= 0.3 is 5.97 Å². The number of aromatic nitrogens is 2. The van der Waals surface area contributed by atoms with Crippen LogP contribution in [0.4, 0.5) is 0 Å². The molecule has 0 aliphatic carbocycles. The first-order valence-electron chi connectivity index (χ1n) is 10.5. The average molecular weight is 446 g/mol. The van der Waals surface area contributed by atoms with Crippen LogP contribution in [0.1, 0.15) is 10.4 Å². The summed E-state index contributed by atoms with van der Waals surface area (Å²) in [6.45, 7) is 4.14. The van der Waals surface area contributed by atoms with Crippen LogP contribution < -0.4 is 4.74 Å². The van der Waals surface area contributed by atoms with Crippen molar-refractivity contribution in [3.8, 4) is 27.8 Å². The molecule has 1 N–H and O–H groups in total. The fourth-order valence-electron chi connectivity index (χ4n) is 3.85. The molecule has 1 fully saturated rings. The van der Waals surface area contributed by atoms with Gasteiger partial charge in [-0.3, -0.25) is 14.3 Å². The van der Waals surface area contributed by atoms with E-state index >= 15 is 0 Å². The number of benzene rings is 2. The highest BCUT2D eigenvalue weighted by molar-refractivity contribution is 7.14. The van der Waals surface area contributed by atoms with Gasteiger partial charge in [0.2, 0.25) is 0 Å². The number of hydrogen-bond acceptors (Lipinski definition) is 5. The second-order valence-corrected chi connectivity index (χ2v) is 9.15. The molecule has 7 heteroatoms. The number of aliphatic carboxylic acids is 1. The molecule has 2 aromatic carbocycles. The molecular weight excluding hydrogens is 422 g/mol. The van der Waals surface area contributed by atoms with E-state index < -0.39 is 5.97 Å². The van der Waals surface area contributed by atoms with Gasteiger partial charge in [-0.05, 0) is 55.0 Å². The number of thiophene rings is 1. The van der Waals surface area contributed by atoms with Crippen molar-refractivity contribution in [2.75, 3.05) is 13.1 Å². The third kappa shape index (κ3) is 4.30. The van der Waals surface area contributed by atoms with Crippen LogP contribution in [0.2, 0.25) is 0 Å². The molecule has 0 radical (unpaired) electrons. The summed E-state index contributed by atoms with van der Waals surface area (Å²) >= 11 is 1.73. The van der Waals surface area contributed by atoms with Gasteiger partial charge in [0.05, 0.1) is 11.6 Å². The lowest BCUT2D eigenvalue weighted by molar-refractivity contribution is -0.147. The van der Waals surface area contributed by atoms with E-state index in [1.54, 1.807) is 11.3 Å². The molecule has 5 rings (SSSR count). The maximum atomic E-state index is 11.0. The Morgan fingerprint density at radius 3 is 2.56 bits per heavy atom. The van der Waals surface area contributed by atoms with E-state index in [0.29, 0.717) is 13.1 Å². The zero-order valence-electron chi connectivity index (χ0n) is 17.6. The minimum absolute atomic E-state index is 0.226. The van der Waals surface area contributed by atoms with Crippen LogP contribution in [0.3, 0.4) is 0 Å². The molecule has 0 spiro atoms. The number of carboxylic acid groups (broad SMARTS) is 1. The van der Waals surface area contributed by atoms with Gasteiger partial charge in [0, 0.05) is 36.3 Å². The van der Waals surface area contributed by atoms with Crippen LogP contribution in [0.15, 0.2) is 73.2 Å². The number of imidazole rings is 1. The average Bonchev–Trinajstić information content (AvgIpc) is 3.38. The molecule has 0 atom stereocenters. The summed E-state index contributed by atoms with van der Waals surface area (Å²) in [5.74, 6) is 0.672. The van der Waals surface area contributed by atoms with Crippen molar-refractivity contribution in [2.24, 2.45) is 5.92 Å². The molecule has 0 bridgehead atoms. The normalized spacial score (nSPS) is 14.3. The van der Waals surface area contributed by atoms with E-state index in [4.69, 9.17) is 9.84 Å². The van der Waals surface area contributed by atoms with E-state index in [9.17, 15) is 4.79 Å². The molecule has 162 valence electrons. The van der Waals surface area contributed by atoms with Crippen molar-refractivity contribution in [3.63, 3.8) is 0 Å². The van der Waals surface area contributed by atoms with Crippen molar-refractivity contribution in [2.45, 2.75) is 13.5 Å². The number of likely N-dealkylation sites (tertiary alicyclic amines) is 1. The molecular formula is C25H23N3O3S. The van der Waals surface area contributed by atoms with Crippen LogP contribution in [0, 0.1) is 12.8 Å². The summed E-state index contributed by atoms with van der Waals surface area (Å²) < 4.78 is 7.93. The van der Waals surface area contributed by atoms with Gasteiger partial charge in [0.25, 0.3) is 0 Å². The Bertz CT molecular complexity index is 1230. The van der Waals surface area contributed by atoms with Crippen molar-refractivity contribution >= 4 is 17.3 Å². The molecule has 4 aromatic rings. The summed E-state index contributed by atoms with van der Waals surface area (Å²) in [7, 11) is 0. The molecule has 1 aliphatic rings. The third-order valence-electron chi connectivity index (χ3n) is 5.57. The van der Waals surface area contributed by atoms with E-state index in [1.807, 2.05) is 67.1 Å². The number of para-hydroxylation sites is 1. The van der Waals surface area contributed by atoms with Gasteiger partial charge in [-0.15, -0.1) is 11.3 Å². The Morgan fingerprint density at radius 1 is 1.12 bits per heavy atom. The van der Waals surface area contributed by atoms with Crippen LogP contribution in [0.25, 0.3) is 16.3 Å². The predicted octanol–water partition coefficient (Wildman–Crippen LogP) is 5.22. The number of aryl methyl sites for hydroxylation is 1. The van der Waals surface area contributed by atoms with Crippen LogP contribution in [0.5, 0.6) is 11.5 Å². The molecule has 1 aliphatic heterocycles. The van der Waals surface area contributed by atoms with Crippen LogP contribution in [-0.4, -0.2) is 38.6 Å². The van der Waals surface area contributed by atoms with Crippen LogP contribution in [-0.2, 0) is 11.3 Å². The summed E-state index contributed by atoms with van der Waals surface area (Å²) in [5.41, 5.74) is 3.12. The van der Waals surface area contributed by atoms with Crippen LogP contribution >= 0.6 is 11.3 Å². The monoisotopic (exact) mass is 445 g/mol. The number of carbonyl (C=O) groups is 1. The molecule has 0 amide bonds. The van der Waals surface area contributed by atoms with E-state index in [-0.39, 0.29) is 5.92 Å². The number of carboxylic acids is 1. The zero-order valence-corrected chi connectivity index (χ0v) is 18.5. The lowest BCUT2D eigenvalue weighted by atomic mass is 10.0. The van der Waals surface area contributed by atoms with E-state index in [1.165, 1.54) is 10.4 Å². The van der Waals surface area contributed by atoms with Crippen molar-refractivity contribution in [1.82, 2.24) is 14.5 Å². The quantitative estimate of drug-likeness (QED) is 0.423. The highest BCUT2D eigenvalue weighted by Gasteiger charge is 2.32. The second kappa shape index (κ2) is 8.61. The smallest absolute Gasteiger partial charge is 0.309 e. The molecule has 0 unspecified atom stereocenters. The molecule has 32 heavy (non-hydrogen) atoms. The Hall–Kier alpha value is -3.42. The van der Waals surface area contributed by atoms with Crippen molar-refractivity contribution in [1.29, 1.82) is 0 Å². The Morgan fingerprint density at radius 2 is 1.84 bits per heavy atom. The molecule has 1 saturated heterocycles. The first kappa shape index (κ1) is 20.5. The molecule has 2 aromatic heterocycles. The third-order valence-corrected chi connectivity index (χ3v) is 6.81. The first-order chi connectivity index (χ1) is 15.5. The number of nitrogens with zero attached hydrogens (tertiary/aromatic N) is 3. The number of rotatable bonds is 7. The summed E-state index contributed by atoms with van der Waals surface area (Å²) in [5, 5.41) is 10.2. The fourth-order valence-corrected chi connectivity index (χ4v) is 5.00. The largest absolute Gasteiger partial charge is 0.481 e. The first-order valence-corrected chi connectivity index (χ1v) is 11.3. The fraction of sp³-hybridized carbons (Fsp3) is 0.200. The SMILES string of the molecule is Cc1cc(CN2CC(C(=O)O)C2)sc1-n1cnc(-c2ccc(Oc3ccccc3)cc2)c1. The highest BCUT2D eigenvalue weighted by atomic mass is 32.1. The van der Waals surface area contributed by atoms with Gasteiger partial charge in [0.15, 0.2) is 0 Å². The van der Waals surface area contributed by atoms with Gasteiger partial charge in [-0.25, -0.2) is 4.98 Å². The lowest BCUT2D eigenvalue weighted by Crippen LogP contribution is -2.49. The minimum atomic E-state index is -0.699. The Balaban J connectivity index is 1.27. The maximum absolute atomic E-state index is 11.0. The number of hydrogen-bond donors (Lipinski definition) is 1. The predicted molar refractivity (Wildman–Crippen MR) is 125 cm³/mol. The maximum Gasteiger partial charge on any atom is 0.309 e. The van der Waals surface area contributed by atoms with Gasteiger partial charge in [-0.2, -0.15) is 0 Å². The standard InChI is InChI=1S/C25H23N3O3S/c1-17-11-22(14-27-12-19(13-27)25(29)30)32-24(17)28-15-23(26-16-28)18-7-9-21(10-8-18)31-20-5-3-2-4-6-20/h2-11,15-16,19H,12-14H2,1H3,(H,29,30). The van der Waals surface area contributed by atoms with Crippen molar-refractivity contribution in [3.05, 3.63) is 83.6 Å². The second-order valence-electron chi connectivity index (χ2n) is 8.04. The summed E-state index contributed by atoms with van der Waals surface area (Å²) in [4.78, 5) is 19.0.